The Bertz CT molecular complexity index is 1670. The molecule has 280 valence electrons. The number of nitrogens with one attached hydrogen (secondary N) is 4. The van der Waals surface area contributed by atoms with Crippen LogP contribution in [0.1, 0.15) is 22.3 Å². The molecule has 10 nitrogen and oxygen atoms in total. The molecule has 0 aliphatic rings. The summed E-state index contributed by atoms with van der Waals surface area (Å²) in [6, 6.07) is 4.34. The molecule has 0 fully saturated rings. The summed E-state index contributed by atoms with van der Waals surface area (Å²) in [5.74, 6) is -2.77. The Kier molecular flexibility index (Phi) is 11.6. The molecule has 0 saturated heterocycles. The molecule has 4 rings (SSSR count). The SMILES string of the molecule is O=C(Nc1cc(C(F)(F)F)ccc1O)Nc1cc(C(F)(F)F)ccc1O.O=C(Nc1cc(C(F)(F)F)ccc1O)Nc1cc(C(F)(F)F)ccc1O. The topological polar surface area (TPSA) is 163 Å². The third kappa shape index (κ3) is 10.9. The second-order valence-electron chi connectivity index (χ2n) is 10.1. The van der Waals surface area contributed by atoms with Crippen molar-refractivity contribution in [3.8, 4) is 23.0 Å². The standard InChI is InChI=1S/2C15H10F6N2O3/c2*16-14(17,18)7-1-3-11(24)9(5-7)22-13(26)23-10-6-8(15(19,20)21)2-4-12(10)25/h2*1-6,24-25H,(H2,22,23,26). The monoisotopic (exact) mass is 760 g/mol. The summed E-state index contributed by atoms with van der Waals surface area (Å²) in [6.07, 6.45) is -18.9. The molecule has 0 radical (unpaired) electrons. The Morgan fingerprint density at radius 3 is 0.692 bits per heavy atom. The van der Waals surface area contributed by atoms with Crippen molar-refractivity contribution in [1.82, 2.24) is 0 Å². The molecule has 0 atom stereocenters. The zero-order valence-electron chi connectivity index (χ0n) is 25.1. The van der Waals surface area contributed by atoms with Gasteiger partial charge in [0.15, 0.2) is 0 Å². The zero-order valence-corrected chi connectivity index (χ0v) is 25.1. The summed E-state index contributed by atoms with van der Waals surface area (Å²) in [4.78, 5) is 23.6. The van der Waals surface area contributed by atoms with Crippen LogP contribution in [-0.4, -0.2) is 32.5 Å². The maximum Gasteiger partial charge on any atom is 0.416 e. The lowest BCUT2D eigenvalue weighted by Crippen LogP contribution is -2.20. The number of rotatable bonds is 4. The second kappa shape index (κ2) is 14.9. The predicted octanol–water partition coefficient (Wildman–Crippen LogP) is 9.56. The minimum absolute atomic E-state index is 0.445. The number of urea groups is 2. The number of amides is 4. The Morgan fingerprint density at radius 1 is 0.365 bits per heavy atom. The highest BCUT2D eigenvalue weighted by Gasteiger charge is 2.34. The quantitative estimate of drug-likeness (QED) is 0.0763. The molecular formula is C30H20F12N4O6. The Hall–Kier alpha value is -6.22. The molecule has 0 aliphatic heterocycles. The lowest BCUT2D eigenvalue weighted by atomic mass is 10.1. The number of alkyl halides is 12. The van der Waals surface area contributed by atoms with Crippen molar-refractivity contribution >= 4 is 34.8 Å². The fraction of sp³-hybridized carbons (Fsp3) is 0.133. The van der Waals surface area contributed by atoms with E-state index >= 15 is 0 Å². The summed E-state index contributed by atoms with van der Waals surface area (Å²) >= 11 is 0. The summed E-state index contributed by atoms with van der Waals surface area (Å²) in [5.41, 5.74) is -7.12. The first-order valence-electron chi connectivity index (χ1n) is 13.5. The van der Waals surface area contributed by atoms with E-state index in [0.717, 1.165) is 0 Å². The molecular weight excluding hydrogens is 740 g/mol. The maximum absolute atomic E-state index is 12.6. The van der Waals surface area contributed by atoms with Gasteiger partial charge in [-0.25, -0.2) is 9.59 Å². The van der Waals surface area contributed by atoms with E-state index in [-0.39, 0.29) is 0 Å². The molecule has 0 heterocycles. The fourth-order valence-corrected chi connectivity index (χ4v) is 3.80. The van der Waals surface area contributed by atoms with Crippen LogP contribution in [0.15, 0.2) is 72.8 Å². The minimum Gasteiger partial charge on any atom is -0.506 e. The van der Waals surface area contributed by atoms with Crippen LogP contribution in [0.25, 0.3) is 0 Å². The number of hydrogen-bond acceptors (Lipinski definition) is 6. The Labute approximate surface area is 281 Å². The predicted molar refractivity (Wildman–Crippen MR) is 158 cm³/mol. The molecule has 0 saturated carbocycles. The van der Waals surface area contributed by atoms with Crippen LogP contribution in [0, 0.1) is 0 Å². The van der Waals surface area contributed by atoms with Gasteiger partial charge in [-0.3, -0.25) is 0 Å². The van der Waals surface area contributed by atoms with Crippen LogP contribution in [0.2, 0.25) is 0 Å². The van der Waals surface area contributed by atoms with Gasteiger partial charge in [-0.05, 0) is 72.8 Å². The number of anilines is 4. The molecule has 22 heteroatoms. The first kappa shape index (κ1) is 40.2. The largest absolute Gasteiger partial charge is 0.506 e. The van der Waals surface area contributed by atoms with Gasteiger partial charge in [-0.15, -0.1) is 0 Å². The number of carbonyl (C=O) groups is 2. The molecule has 0 spiro atoms. The van der Waals surface area contributed by atoms with E-state index in [1.807, 2.05) is 21.3 Å². The highest BCUT2D eigenvalue weighted by molar-refractivity contribution is 6.02. The van der Waals surface area contributed by atoms with Crippen LogP contribution in [0.3, 0.4) is 0 Å². The highest BCUT2D eigenvalue weighted by atomic mass is 19.4. The summed E-state index contributed by atoms with van der Waals surface area (Å²) in [6.45, 7) is 0. The third-order valence-corrected chi connectivity index (χ3v) is 6.29. The normalized spacial score (nSPS) is 11.9. The summed E-state index contributed by atoms with van der Waals surface area (Å²) in [7, 11) is 0. The average molecular weight is 760 g/mol. The smallest absolute Gasteiger partial charge is 0.416 e. The van der Waals surface area contributed by atoms with Gasteiger partial charge in [0.1, 0.15) is 23.0 Å². The van der Waals surface area contributed by atoms with E-state index in [2.05, 4.69) is 0 Å². The van der Waals surface area contributed by atoms with E-state index in [4.69, 9.17) is 0 Å². The van der Waals surface area contributed by atoms with Crippen molar-refractivity contribution in [3.63, 3.8) is 0 Å². The van der Waals surface area contributed by atoms with Crippen molar-refractivity contribution in [2.24, 2.45) is 0 Å². The third-order valence-electron chi connectivity index (χ3n) is 6.29. The number of phenolic OH excluding ortho intramolecular Hbond substituents is 4. The molecule has 52 heavy (non-hydrogen) atoms. The maximum atomic E-state index is 12.6. The molecule has 4 aromatic rings. The van der Waals surface area contributed by atoms with Gasteiger partial charge in [0.25, 0.3) is 0 Å². The van der Waals surface area contributed by atoms with Gasteiger partial charge < -0.3 is 41.7 Å². The van der Waals surface area contributed by atoms with Gasteiger partial charge in [0.05, 0.1) is 45.0 Å². The molecule has 0 aromatic heterocycles. The van der Waals surface area contributed by atoms with Crippen molar-refractivity contribution in [2.75, 3.05) is 21.3 Å². The van der Waals surface area contributed by atoms with Crippen LogP contribution in [0.5, 0.6) is 23.0 Å². The molecule has 4 amide bonds. The van der Waals surface area contributed by atoms with E-state index in [0.29, 0.717) is 72.8 Å². The summed E-state index contributed by atoms with van der Waals surface area (Å²) in [5, 5.41) is 45.5. The minimum atomic E-state index is -4.74. The number of phenols is 4. The van der Waals surface area contributed by atoms with Gasteiger partial charge in [0.2, 0.25) is 0 Å². The lowest BCUT2D eigenvalue weighted by Gasteiger charge is -2.14. The average Bonchev–Trinajstić information content (AvgIpc) is 2.99. The van der Waals surface area contributed by atoms with Crippen molar-refractivity contribution < 1.29 is 82.7 Å². The first-order valence-corrected chi connectivity index (χ1v) is 13.5. The number of benzene rings is 4. The molecule has 8 N–H and O–H groups in total. The van der Waals surface area contributed by atoms with Crippen molar-refractivity contribution in [3.05, 3.63) is 95.1 Å². The van der Waals surface area contributed by atoms with Gasteiger partial charge in [0, 0.05) is 0 Å². The van der Waals surface area contributed by atoms with Gasteiger partial charge >= 0.3 is 36.8 Å². The fourth-order valence-electron chi connectivity index (χ4n) is 3.80. The van der Waals surface area contributed by atoms with Crippen molar-refractivity contribution in [2.45, 2.75) is 24.7 Å². The van der Waals surface area contributed by atoms with E-state index in [1.54, 1.807) is 0 Å². The Balaban J connectivity index is 0.000000280. The molecule has 0 aliphatic carbocycles. The van der Waals surface area contributed by atoms with Crippen LogP contribution >= 0.6 is 0 Å². The van der Waals surface area contributed by atoms with E-state index in [1.165, 1.54) is 0 Å². The van der Waals surface area contributed by atoms with Crippen LogP contribution < -0.4 is 21.3 Å². The number of carbonyl (C=O) groups excluding carboxylic acids is 2. The van der Waals surface area contributed by atoms with Crippen LogP contribution in [0.4, 0.5) is 85.0 Å². The van der Waals surface area contributed by atoms with Gasteiger partial charge in [-0.2, -0.15) is 52.7 Å². The second-order valence-corrected chi connectivity index (χ2v) is 10.1. The van der Waals surface area contributed by atoms with E-state index < -0.39 is 105 Å². The lowest BCUT2D eigenvalue weighted by molar-refractivity contribution is -0.138. The van der Waals surface area contributed by atoms with Crippen LogP contribution in [-0.2, 0) is 24.7 Å². The molecule has 0 unspecified atom stereocenters. The Morgan fingerprint density at radius 2 is 0.538 bits per heavy atom. The molecule has 4 aromatic carbocycles. The first-order chi connectivity index (χ1) is 23.8. The number of hydrogen-bond donors (Lipinski definition) is 8. The van der Waals surface area contributed by atoms with E-state index in [9.17, 15) is 82.7 Å². The number of halogens is 12. The number of aromatic hydroxyl groups is 4. The zero-order chi connectivity index (χ0) is 39.4. The molecule has 0 bridgehead atoms. The summed E-state index contributed by atoms with van der Waals surface area (Å²) < 4.78 is 152. The highest BCUT2D eigenvalue weighted by Crippen LogP contribution is 2.38. The van der Waals surface area contributed by atoms with Crippen molar-refractivity contribution in [1.29, 1.82) is 0 Å². The van der Waals surface area contributed by atoms with Gasteiger partial charge in [-0.1, -0.05) is 0 Å².